The molecule has 3 aromatic carbocycles. The zero-order valence-electron chi connectivity index (χ0n) is 15.8. The number of hydrogen-bond donors (Lipinski definition) is 0. The van der Waals surface area contributed by atoms with E-state index in [1.54, 1.807) is 0 Å². The number of rotatable bonds is 5. The second-order valence-electron chi connectivity index (χ2n) is 6.41. The van der Waals surface area contributed by atoms with E-state index >= 15 is 0 Å². The summed E-state index contributed by atoms with van der Waals surface area (Å²) in [7, 11) is -10.1. The second-order valence-corrected chi connectivity index (χ2v) is 11.8. The summed E-state index contributed by atoms with van der Waals surface area (Å²) < 4.78 is 93.5. The lowest BCUT2D eigenvalue weighted by Crippen LogP contribution is -2.37. The van der Waals surface area contributed by atoms with Crippen molar-refractivity contribution in [2.45, 2.75) is 16.0 Å². The molecule has 0 saturated heterocycles. The number of alkyl halides is 3. The van der Waals surface area contributed by atoms with Crippen molar-refractivity contribution >= 4 is 72.1 Å². The van der Waals surface area contributed by atoms with Crippen molar-refractivity contribution in [3.8, 4) is 0 Å². The van der Waals surface area contributed by atoms with Gasteiger partial charge in [0.15, 0.2) is 0 Å². The van der Waals surface area contributed by atoms with Crippen LogP contribution in [0, 0.1) is 0 Å². The minimum atomic E-state index is -5.03. The SMILES string of the molecule is O=S(=O)(c1ccc(Cl)c(Cl)c1)N(c1cccc(C(F)(F)F)c1)S(=O)(=O)c1ccc(Cl)c(Cl)c1. The van der Waals surface area contributed by atoms with Gasteiger partial charge in [-0.1, -0.05) is 52.5 Å². The molecule has 0 N–H and O–H groups in total. The van der Waals surface area contributed by atoms with Crippen LogP contribution in [0.15, 0.2) is 70.5 Å². The van der Waals surface area contributed by atoms with Crippen LogP contribution >= 0.6 is 46.4 Å². The van der Waals surface area contributed by atoms with Gasteiger partial charge < -0.3 is 0 Å². The largest absolute Gasteiger partial charge is 0.416 e. The van der Waals surface area contributed by atoms with E-state index < -0.39 is 47.3 Å². The molecule has 0 spiro atoms. The monoisotopic (exact) mass is 577 g/mol. The van der Waals surface area contributed by atoms with Gasteiger partial charge in [0, 0.05) is 0 Å². The summed E-state index contributed by atoms with van der Waals surface area (Å²) in [5.74, 6) is 0. The van der Waals surface area contributed by atoms with E-state index in [4.69, 9.17) is 46.4 Å². The summed E-state index contributed by atoms with van der Waals surface area (Å²) in [5, 5.41) is -0.468. The molecule has 3 rings (SSSR count). The van der Waals surface area contributed by atoms with Gasteiger partial charge in [0.25, 0.3) is 20.0 Å². The molecule has 0 aromatic heterocycles. The van der Waals surface area contributed by atoms with Gasteiger partial charge >= 0.3 is 6.18 Å². The van der Waals surface area contributed by atoms with Crippen LogP contribution in [0.3, 0.4) is 0 Å². The standard InChI is InChI=1S/C19H10Cl4F3NO4S2/c20-15-6-4-13(9-17(15)22)32(28,29)27(12-3-1-2-11(8-12)19(24,25)26)33(30,31)14-5-7-16(21)18(23)10-14/h1-10H. The molecular formula is C19H10Cl4F3NO4S2. The first-order chi connectivity index (χ1) is 15.2. The molecule has 0 bridgehead atoms. The molecule has 0 saturated carbocycles. The first kappa shape index (κ1) is 25.9. The Balaban J connectivity index is 2.34. The highest BCUT2D eigenvalue weighted by Crippen LogP contribution is 2.37. The van der Waals surface area contributed by atoms with Crippen LogP contribution in [0.25, 0.3) is 0 Å². The minimum Gasteiger partial charge on any atom is -0.200 e. The average Bonchev–Trinajstić information content (AvgIpc) is 2.71. The summed E-state index contributed by atoms with van der Waals surface area (Å²) in [6, 6.07) is 8.74. The quantitative estimate of drug-likeness (QED) is 0.330. The van der Waals surface area contributed by atoms with E-state index in [1.807, 2.05) is 0 Å². The van der Waals surface area contributed by atoms with Crippen LogP contribution < -0.4 is 3.71 Å². The first-order valence-electron chi connectivity index (χ1n) is 8.53. The van der Waals surface area contributed by atoms with Crippen molar-refractivity contribution in [1.29, 1.82) is 0 Å². The Labute approximate surface area is 207 Å². The average molecular weight is 579 g/mol. The zero-order chi connectivity index (χ0) is 24.8. The van der Waals surface area contributed by atoms with Gasteiger partial charge in [0.05, 0.1) is 41.1 Å². The Morgan fingerprint density at radius 1 is 0.636 bits per heavy atom. The van der Waals surface area contributed by atoms with Crippen LogP contribution in [0.4, 0.5) is 18.9 Å². The lowest BCUT2D eigenvalue weighted by Gasteiger charge is -2.25. The number of halogens is 7. The molecule has 3 aromatic rings. The molecule has 0 aliphatic carbocycles. The lowest BCUT2D eigenvalue weighted by molar-refractivity contribution is -0.137. The lowest BCUT2D eigenvalue weighted by atomic mass is 10.2. The van der Waals surface area contributed by atoms with Crippen LogP contribution in [-0.4, -0.2) is 16.8 Å². The van der Waals surface area contributed by atoms with Crippen molar-refractivity contribution < 1.29 is 30.0 Å². The molecule has 0 unspecified atom stereocenters. The molecule has 5 nitrogen and oxygen atoms in total. The summed E-state index contributed by atoms with van der Waals surface area (Å²) in [6.07, 6.45) is -4.87. The molecule has 0 heterocycles. The van der Waals surface area contributed by atoms with Gasteiger partial charge in [-0.15, -0.1) is 0 Å². The number of anilines is 1. The molecular weight excluding hydrogens is 569 g/mol. The fourth-order valence-corrected chi connectivity index (χ4v) is 7.12. The van der Waals surface area contributed by atoms with Crippen LogP contribution in [0.1, 0.15) is 5.56 Å². The van der Waals surface area contributed by atoms with Crippen LogP contribution in [-0.2, 0) is 26.2 Å². The molecule has 176 valence electrons. The van der Waals surface area contributed by atoms with Crippen LogP contribution in [0.5, 0.6) is 0 Å². The van der Waals surface area contributed by atoms with Crippen molar-refractivity contribution in [3.05, 3.63) is 86.3 Å². The molecule has 0 atom stereocenters. The Morgan fingerprint density at radius 3 is 1.48 bits per heavy atom. The predicted octanol–water partition coefficient (Wildman–Crippen LogP) is 6.90. The molecule has 33 heavy (non-hydrogen) atoms. The van der Waals surface area contributed by atoms with Gasteiger partial charge in [-0.2, -0.15) is 16.9 Å². The Hall–Kier alpha value is -1.69. The molecule has 0 aliphatic heterocycles. The predicted molar refractivity (Wildman–Crippen MR) is 121 cm³/mol. The fraction of sp³-hybridized carbons (Fsp3) is 0.0526. The van der Waals surface area contributed by atoms with Gasteiger partial charge in [-0.25, -0.2) is 16.8 Å². The van der Waals surface area contributed by atoms with Crippen molar-refractivity contribution in [2.75, 3.05) is 3.71 Å². The molecule has 0 aliphatic rings. The number of sulfonamides is 2. The molecule has 14 heteroatoms. The summed E-state index contributed by atoms with van der Waals surface area (Å²) >= 11 is 23.4. The summed E-state index contributed by atoms with van der Waals surface area (Å²) in [4.78, 5) is -1.25. The number of benzene rings is 3. The van der Waals surface area contributed by atoms with Crippen LogP contribution in [0.2, 0.25) is 20.1 Å². The maximum atomic E-state index is 13.4. The third kappa shape index (κ3) is 5.21. The third-order valence-electron chi connectivity index (χ3n) is 4.20. The van der Waals surface area contributed by atoms with Gasteiger partial charge in [0.1, 0.15) is 0 Å². The topological polar surface area (TPSA) is 71.5 Å². The zero-order valence-corrected chi connectivity index (χ0v) is 20.5. The van der Waals surface area contributed by atoms with E-state index in [0.29, 0.717) is 12.1 Å². The fourth-order valence-electron chi connectivity index (χ4n) is 2.67. The Bertz CT molecular complexity index is 1360. The van der Waals surface area contributed by atoms with E-state index in [9.17, 15) is 30.0 Å². The number of hydrogen-bond acceptors (Lipinski definition) is 4. The summed E-state index contributed by atoms with van der Waals surface area (Å²) in [5.41, 5.74) is -2.05. The maximum absolute atomic E-state index is 13.4. The Kier molecular flexibility index (Phi) is 7.20. The highest BCUT2D eigenvalue weighted by molar-refractivity contribution is 8.10. The molecule has 0 amide bonds. The maximum Gasteiger partial charge on any atom is 0.416 e. The highest BCUT2D eigenvalue weighted by atomic mass is 35.5. The van der Waals surface area contributed by atoms with Crippen molar-refractivity contribution in [2.24, 2.45) is 0 Å². The van der Waals surface area contributed by atoms with E-state index in [1.165, 1.54) is 0 Å². The van der Waals surface area contributed by atoms with E-state index in [-0.39, 0.29) is 23.8 Å². The summed E-state index contributed by atoms with van der Waals surface area (Å²) in [6.45, 7) is 0. The van der Waals surface area contributed by atoms with Gasteiger partial charge in [-0.05, 0) is 54.6 Å². The third-order valence-corrected chi connectivity index (χ3v) is 9.85. The van der Waals surface area contributed by atoms with Gasteiger partial charge in [0.2, 0.25) is 0 Å². The Morgan fingerprint density at radius 2 is 1.09 bits per heavy atom. The highest BCUT2D eigenvalue weighted by Gasteiger charge is 2.39. The van der Waals surface area contributed by atoms with E-state index in [2.05, 4.69) is 0 Å². The normalized spacial score (nSPS) is 12.6. The van der Waals surface area contributed by atoms with Crippen molar-refractivity contribution in [3.63, 3.8) is 0 Å². The molecule has 0 fully saturated rings. The smallest absolute Gasteiger partial charge is 0.200 e. The minimum absolute atomic E-state index is 0.0198. The number of nitrogens with zero attached hydrogens (tertiary/aromatic N) is 1. The molecule has 0 radical (unpaired) electrons. The van der Waals surface area contributed by atoms with E-state index in [0.717, 1.165) is 48.5 Å². The first-order valence-corrected chi connectivity index (χ1v) is 12.9. The van der Waals surface area contributed by atoms with Crippen molar-refractivity contribution in [1.82, 2.24) is 0 Å². The second kappa shape index (κ2) is 9.16. The van der Waals surface area contributed by atoms with Gasteiger partial charge in [-0.3, -0.25) is 0 Å².